The number of hydrogen-bond donors (Lipinski definition) is 1. The number of carbonyl (C=O) groups is 2. The van der Waals surface area contributed by atoms with Crippen LogP contribution in [0.25, 0.3) is 0 Å². The molecule has 0 fully saturated rings. The van der Waals surface area contributed by atoms with Crippen molar-refractivity contribution in [1.82, 2.24) is 0 Å². The number of nitrogens with zero attached hydrogens (tertiary/aromatic N) is 1. The number of carboxylic acid groups (broad SMARTS) is 1. The molecule has 12 heavy (non-hydrogen) atoms. The second kappa shape index (κ2) is 5.70. The van der Waals surface area contributed by atoms with Gasteiger partial charge in [0.15, 0.2) is 0 Å². The number of hydrogen-bond acceptors (Lipinski definition) is 4. The molecule has 0 aliphatic heterocycles. The van der Waals surface area contributed by atoms with Crippen molar-refractivity contribution in [2.75, 3.05) is 11.9 Å². The minimum absolute atomic E-state index is 0.0782. The topological polar surface area (TPSA) is 76.0 Å². The zero-order chi connectivity index (χ0) is 9.56. The number of rotatable bonds is 5. The van der Waals surface area contributed by atoms with Crippen LogP contribution in [0.2, 0.25) is 0 Å². The maximum absolute atomic E-state index is 10.8. The van der Waals surface area contributed by atoms with E-state index in [4.69, 9.17) is 5.11 Å². The van der Waals surface area contributed by atoms with Gasteiger partial charge in [-0.1, -0.05) is 21.1 Å². The van der Waals surface area contributed by atoms with Crippen molar-refractivity contribution in [3.05, 3.63) is 0 Å². The van der Waals surface area contributed by atoms with Crippen molar-refractivity contribution in [3.8, 4) is 0 Å². The first-order valence-corrected chi connectivity index (χ1v) is 4.28. The zero-order valence-corrected chi connectivity index (χ0v) is 8.00. The summed E-state index contributed by atoms with van der Waals surface area (Å²) in [6.07, 6.45) is 0. The van der Waals surface area contributed by atoms with E-state index in [2.05, 4.69) is 25.9 Å². The Hall–Kier alpha value is -0.910. The highest BCUT2D eigenvalue weighted by atomic mass is 79.9. The molecule has 0 rings (SSSR count). The Morgan fingerprint density at radius 3 is 2.50 bits per heavy atom. The van der Waals surface area contributed by atoms with E-state index in [-0.39, 0.29) is 11.9 Å². The first-order chi connectivity index (χ1) is 5.63. The molecule has 0 spiro atoms. The van der Waals surface area contributed by atoms with Gasteiger partial charge in [-0.25, -0.2) is 4.79 Å². The molecule has 0 unspecified atom stereocenters. The number of carboxylic acids is 1. The molecule has 5 nitrogen and oxygen atoms in total. The molecule has 0 radical (unpaired) electrons. The summed E-state index contributed by atoms with van der Waals surface area (Å²) >= 11 is 2.83. The zero-order valence-electron chi connectivity index (χ0n) is 6.41. The predicted octanol–water partition coefficient (Wildman–Crippen LogP) is 0.427. The summed E-state index contributed by atoms with van der Waals surface area (Å²) in [7, 11) is 0. The summed E-state index contributed by atoms with van der Waals surface area (Å²) in [6.45, 7) is 1.87. The summed E-state index contributed by atoms with van der Waals surface area (Å²) in [5, 5.41) is 11.5. The molecule has 0 atom stereocenters. The number of aliphatic carboxylic acids is 1. The van der Waals surface area contributed by atoms with E-state index >= 15 is 0 Å². The van der Waals surface area contributed by atoms with Gasteiger partial charge in [0.2, 0.25) is 11.5 Å². The number of Topliss-reactive ketones (excluding diaryl/α,β-unsaturated/α-hetero) is 1. The summed E-state index contributed by atoms with van der Waals surface area (Å²) in [4.78, 5) is 25.6. The highest BCUT2D eigenvalue weighted by Gasteiger charge is 2.18. The van der Waals surface area contributed by atoms with Crippen molar-refractivity contribution >= 4 is 33.4 Å². The quantitative estimate of drug-likeness (QED) is 0.326. The van der Waals surface area contributed by atoms with Crippen LogP contribution in [-0.2, 0) is 14.4 Å². The van der Waals surface area contributed by atoms with Gasteiger partial charge in [0.1, 0.15) is 6.61 Å². The van der Waals surface area contributed by atoms with Gasteiger partial charge in [0, 0.05) is 0 Å². The largest absolute Gasteiger partial charge is 0.476 e. The lowest BCUT2D eigenvalue weighted by Crippen LogP contribution is -2.25. The summed E-state index contributed by atoms with van der Waals surface area (Å²) in [6, 6.07) is 0. The average Bonchev–Trinajstić information content (AvgIpc) is 2.04. The second-order valence-corrected chi connectivity index (χ2v) is 2.28. The summed E-state index contributed by atoms with van der Waals surface area (Å²) in [5.74, 6) is -2.00. The molecule has 0 aromatic rings. The minimum Gasteiger partial charge on any atom is -0.476 e. The van der Waals surface area contributed by atoms with E-state index in [1.54, 1.807) is 6.92 Å². The highest BCUT2D eigenvalue weighted by molar-refractivity contribution is 9.09. The van der Waals surface area contributed by atoms with Crippen LogP contribution in [0.1, 0.15) is 6.92 Å². The van der Waals surface area contributed by atoms with E-state index in [1.165, 1.54) is 0 Å². The van der Waals surface area contributed by atoms with Crippen molar-refractivity contribution in [2.24, 2.45) is 5.16 Å². The van der Waals surface area contributed by atoms with Crippen LogP contribution in [0.3, 0.4) is 0 Å². The molecule has 0 heterocycles. The van der Waals surface area contributed by atoms with E-state index in [0.717, 1.165) is 0 Å². The molecule has 0 saturated carbocycles. The van der Waals surface area contributed by atoms with E-state index in [1.807, 2.05) is 0 Å². The van der Waals surface area contributed by atoms with Crippen molar-refractivity contribution in [3.63, 3.8) is 0 Å². The Morgan fingerprint density at radius 1 is 1.58 bits per heavy atom. The highest BCUT2D eigenvalue weighted by Crippen LogP contribution is 1.90. The third kappa shape index (κ3) is 3.47. The number of ketones is 1. The van der Waals surface area contributed by atoms with Crippen molar-refractivity contribution < 1.29 is 19.5 Å². The van der Waals surface area contributed by atoms with Crippen molar-refractivity contribution in [2.45, 2.75) is 6.92 Å². The third-order valence-corrected chi connectivity index (χ3v) is 1.38. The van der Waals surface area contributed by atoms with Gasteiger partial charge in [-0.2, -0.15) is 0 Å². The minimum atomic E-state index is -1.38. The lowest BCUT2D eigenvalue weighted by Gasteiger charge is -1.96. The smallest absolute Gasteiger partial charge is 0.361 e. The molecule has 0 aromatic carbocycles. The van der Waals surface area contributed by atoms with Gasteiger partial charge < -0.3 is 9.94 Å². The van der Waals surface area contributed by atoms with Crippen LogP contribution in [0.4, 0.5) is 0 Å². The molecule has 68 valence electrons. The fraction of sp³-hybridized carbons (Fsp3) is 0.500. The lowest BCUT2D eigenvalue weighted by molar-refractivity contribution is -0.130. The third-order valence-electron chi connectivity index (χ3n) is 0.873. The predicted molar refractivity (Wildman–Crippen MR) is 45.5 cm³/mol. The van der Waals surface area contributed by atoms with Crippen LogP contribution in [-0.4, -0.2) is 34.5 Å². The summed E-state index contributed by atoms with van der Waals surface area (Å²) < 4.78 is 0. The Kier molecular flexibility index (Phi) is 5.27. The van der Waals surface area contributed by atoms with Gasteiger partial charge in [-0.3, -0.25) is 4.79 Å². The first-order valence-electron chi connectivity index (χ1n) is 3.15. The second-order valence-electron chi connectivity index (χ2n) is 1.72. The molecule has 6 heteroatoms. The first kappa shape index (κ1) is 11.1. The number of alkyl halides is 1. The van der Waals surface area contributed by atoms with E-state index in [0.29, 0.717) is 0 Å². The van der Waals surface area contributed by atoms with Crippen LogP contribution in [0.5, 0.6) is 0 Å². The number of halogens is 1. The standard InChI is InChI=1S/C6H8BrNO4/c1-2-12-8-5(6(10)11)4(9)3-7/h2-3H2,1H3,(H,10,11). The molecule has 0 amide bonds. The van der Waals surface area contributed by atoms with Crippen LogP contribution >= 0.6 is 15.9 Å². The molecule has 0 aliphatic carbocycles. The van der Waals surface area contributed by atoms with Gasteiger partial charge in [-0.05, 0) is 6.92 Å². The van der Waals surface area contributed by atoms with Crippen LogP contribution in [0, 0.1) is 0 Å². The Morgan fingerprint density at radius 2 is 2.17 bits per heavy atom. The molecule has 0 aromatic heterocycles. The molecular formula is C6H8BrNO4. The Labute approximate surface area is 77.5 Å². The van der Waals surface area contributed by atoms with Gasteiger partial charge >= 0.3 is 5.97 Å². The fourth-order valence-electron chi connectivity index (χ4n) is 0.402. The SMILES string of the molecule is CCON=C(C(=O)O)C(=O)CBr. The Balaban J connectivity index is 4.43. The molecule has 0 bridgehead atoms. The molecule has 0 aliphatic rings. The molecular weight excluding hydrogens is 230 g/mol. The number of carbonyl (C=O) groups excluding carboxylic acids is 1. The lowest BCUT2D eigenvalue weighted by atomic mass is 10.3. The summed E-state index contributed by atoms with van der Waals surface area (Å²) in [5.41, 5.74) is -0.589. The van der Waals surface area contributed by atoms with Gasteiger partial charge in [-0.15, -0.1) is 0 Å². The normalized spacial score (nSPS) is 11.0. The molecule has 1 N–H and O–H groups in total. The van der Waals surface area contributed by atoms with Crippen molar-refractivity contribution in [1.29, 1.82) is 0 Å². The fourth-order valence-corrected chi connectivity index (χ4v) is 0.667. The number of oxime groups is 1. The molecule has 0 saturated heterocycles. The van der Waals surface area contributed by atoms with Gasteiger partial charge in [0.05, 0.1) is 5.33 Å². The van der Waals surface area contributed by atoms with E-state index in [9.17, 15) is 9.59 Å². The monoisotopic (exact) mass is 237 g/mol. The van der Waals surface area contributed by atoms with E-state index < -0.39 is 17.5 Å². The maximum Gasteiger partial charge on any atom is 0.361 e. The average molecular weight is 238 g/mol. The van der Waals surface area contributed by atoms with Gasteiger partial charge in [0.25, 0.3) is 0 Å². The maximum atomic E-state index is 10.8. The Bertz CT molecular complexity index is 214. The van der Waals surface area contributed by atoms with Crippen LogP contribution < -0.4 is 0 Å². The van der Waals surface area contributed by atoms with Crippen LogP contribution in [0.15, 0.2) is 5.16 Å².